The Bertz CT molecular complexity index is 1460. The first-order valence-electron chi connectivity index (χ1n) is 13.7. The lowest BCUT2D eigenvalue weighted by Gasteiger charge is -2.25. The van der Waals surface area contributed by atoms with Crippen LogP contribution in [-0.2, 0) is 29.0 Å². The zero-order valence-electron chi connectivity index (χ0n) is 23.4. The third-order valence-corrected chi connectivity index (χ3v) is 8.09. The first kappa shape index (κ1) is 30.6. The second-order valence-electron chi connectivity index (χ2n) is 10.1. The number of carboxylic acids is 1. The second kappa shape index (κ2) is 15.0. The van der Waals surface area contributed by atoms with Crippen LogP contribution in [0.15, 0.2) is 109 Å². The van der Waals surface area contributed by atoms with E-state index in [0.29, 0.717) is 19.4 Å². The first-order chi connectivity index (χ1) is 20.3. The maximum absolute atomic E-state index is 13.5. The summed E-state index contributed by atoms with van der Waals surface area (Å²) in [4.78, 5) is 38.1. The topological polar surface area (TPSA) is 122 Å². The van der Waals surface area contributed by atoms with Crippen molar-refractivity contribution in [1.82, 2.24) is 10.6 Å². The summed E-state index contributed by atoms with van der Waals surface area (Å²) in [7, 11) is 0. The van der Waals surface area contributed by atoms with E-state index in [2.05, 4.69) is 10.6 Å². The van der Waals surface area contributed by atoms with E-state index in [1.54, 1.807) is 12.1 Å². The number of carbonyl (C=O) groups is 3. The van der Waals surface area contributed by atoms with Crippen LogP contribution < -0.4 is 16.4 Å². The molecule has 2 amide bonds. The maximum atomic E-state index is 13.5. The van der Waals surface area contributed by atoms with Gasteiger partial charge in [-0.2, -0.15) is 11.8 Å². The monoisotopic (exact) mass is 581 g/mol. The Morgan fingerprint density at radius 1 is 0.714 bits per heavy atom. The number of hydrogen-bond donors (Lipinski definition) is 4. The molecule has 4 aromatic carbocycles. The highest BCUT2D eigenvalue weighted by Gasteiger charge is 2.29. The van der Waals surface area contributed by atoms with E-state index in [9.17, 15) is 14.4 Å². The lowest BCUT2D eigenvalue weighted by molar-refractivity contribution is -0.129. The number of thioether (sulfide) groups is 1. The molecule has 7 nitrogen and oxygen atoms in total. The van der Waals surface area contributed by atoms with Gasteiger partial charge in [0.05, 0.1) is 10.8 Å². The van der Waals surface area contributed by atoms with Crippen LogP contribution in [0.5, 0.6) is 0 Å². The van der Waals surface area contributed by atoms with Crippen molar-refractivity contribution in [3.8, 4) is 11.1 Å². The number of rotatable bonds is 13. The van der Waals surface area contributed by atoms with Crippen LogP contribution in [0.1, 0.15) is 27.0 Å². The molecule has 4 aromatic rings. The van der Waals surface area contributed by atoms with Gasteiger partial charge in [0.1, 0.15) is 6.04 Å². The van der Waals surface area contributed by atoms with Gasteiger partial charge in [-0.05, 0) is 52.6 Å². The minimum atomic E-state index is -1.00. The zero-order chi connectivity index (χ0) is 29.9. The first-order valence-corrected chi connectivity index (χ1v) is 15.0. The van der Waals surface area contributed by atoms with E-state index >= 15 is 0 Å². The van der Waals surface area contributed by atoms with Crippen molar-refractivity contribution in [3.63, 3.8) is 0 Å². The minimum absolute atomic E-state index is 0.188. The summed E-state index contributed by atoms with van der Waals surface area (Å²) in [6, 6.07) is 32.7. The number of aromatic carboxylic acids is 1. The van der Waals surface area contributed by atoms with Gasteiger partial charge in [-0.3, -0.25) is 9.59 Å². The third kappa shape index (κ3) is 8.55. The lowest BCUT2D eigenvalue weighted by atomic mass is 9.99. The quantitative estimate of drug-likeness (QED) is 0.182. The predicted octanol–water partition coefficient (Wildman–Crippen LogP) is 4.70. The van der Waals surface area contributed by atoms with Gasteiger partial charge in [0.15, 0.2) is 0 Å². The normalized spacial score (nSPS) is 13.0. The molecule has 0 fully saturated rings. The molecule has 0 aliphatic rings. The van der Waals surface area contributed by atoms with Gasteiger partial charge in [0.25, 0.3) is 0 Å². The minimum Gasteiger partial charge on any atom is -0.478 e. The molecule has 0 saturated carbocycles. The van der Waals surface area contributed by atoms with Crippen LogP contribution in [0.2, 0.25) is 0 Å². The van der Waals surface area contributed by atoms with Gasteiger partial charge in [-0.15, -0.1) is 0 Å². The molecule has 4 rings (SSSR count). The number of carbonyl (C=O) groups excluding carboxylic acids is 2. The summed E-state index contributed by atoms with van der Waals surface area (Å²) >= 11 is 1.32. The van der Waals surface area contributed by atoms with Crippen molar-refractivity contribution < 1.29 is 19.5 Å². The molecule has 42 heavy (non-hydrogen) atoms. The Balaban J connectivity index is 1.47. The zero-order valence-corrected chi connectivity index (χ0v) is 24.2. The number of nitrogens with one attached hydrogen (secondary N) is 2. The fourth-order valence-corrected chi connectivity index (χ4v) is 5.44. The van der Waals surface area contributed by atoms with Crippen molar-refractivity contribution in [2.24, 2.45) is 5.73 Å². The van der Waals surface area contributed by atoms with Crippen LogP contribution in [0.3, 0.4) is 0 Å². The summed E-state index contributed by atoms with van der Waals surface area (Å²) in [6.45, 7) is 0.344. The van der Waals surface area contributed by atoms with Crippen molar-refractivity contribution in [2.45, 2.75) is 36.7 Å². The van der Waals surface area contributed by atoms with E-state index in [1.807, 2.05) is 91.2 Å². The molecule has 0 radical (unpaired) electrons. The van der Waals surface area contributed by atoms with Gasteiger partial charge in [-0.1, -0.05) is 97.1 Å². The summed E-state index contributed by atoms with van der Waals surface area (Å²) in [5.41, 5.74) is 11.5. The van der Waals surface area contributed by atoms with E-state index in [-0.39, 0.29) is 17.4 Å². The molecular formula is C34H35N3O4S. The third-order valence-electron chi connectivity index (χ3n) is 7.02. The van der Waals surface area contributed by atoms with Crippen LogP contribution in [0.4, 0.5) is 0 Å². The largest absolute Gasteiger partial charge is 0.478 e. The second-order valence-corrected chi connectivity index (χ2v) is 11.0. The Hall–Kier alpha value is -4.40. The molecule has 0 heterocycles. The van der Waals surface area contributed by atoms with Crippen molar-refractivity contribution in [2.75, 3.05) is 6.26 Å². The number of carboxylic acid groups (broad SMARTS) is 1. The highest BCUT2D eigenvalue weighted by atomic mass is 32.2. The van der Waals surface area contributed by atoms with Gasteiger partial charge in [0, 0.05) is 19.0 Å². The van der Waals surface area contributed by atoms with E-state index in [4.69, 9.17) is 10.8 Å². The van der Waals surface area contributed by atoms with Gasteiger partial charge in [-0.25, -0.2) is 4.79 Å². The molecule has 0 aliphatic heterocycles. The Morgan fingerprint density at radius 3 is 1.86 bits per heavy atom. The fraction of sp³-hybridized carbons (Fsp3) is 0.206. The van der Waals surface area contributed by atoms with E-state index in [1.165, 1.54) is 23.9 Å². The Kier molecular flexibility index (Phi) is 10.9. The van der Waals surface area contributed by atoms with Gasteiger partial charge >= 0.3 is 5.97 Å². The van der Waals surface area contributed by atoms with Crippen molar-refractivity contribution in [1.29, 1.82) is 0 Å². The highest BCUT2D eigenvalue weighted by Crippen LogP contribution is 2.20. The number of nitrogens with two attached hydrogens (primary N) is 1. The summed E-state index contributed by atoms with van der Waals surface area (Å²) in [6.07, 6.45) is 2.50. The summed E-state index contributed by atoms with van der Waals surface area (Å²) in [5.74, 6) is -1.60. The maximum Gasteiger partial charge on any atom is 0.335 e. The molecule has 0 spiro atoms. The molecule has 216 valence electrons. The van der Waals surface area contributed by atoms with Crippen LogP contribution in [-0.4, -0.2) is 46.5 Å². The lowest BCUT2D eigenvalue weighted by Crippen LogP contribution is -2.53. The van der Waals surface area contributed by atoms with E-state index in [0.717, 1.165) is 27.8 Å². The molecule has 5 N–H and O–H groups in total. The van der Waals surface area contributed by atoms with Gasteiger partial charge in [0.2, 0.25) is 11.8 Å². The molecule has 1 unspecified atom stereocenters. The number of benzene rings is 4. The molecule has 8 heteroatoms. The van der Waals surface area contributed by atoms with Crippen molar-refractivity contribution in [3.05, 3.63) is 131 Å². The molecular weight excluding hydrogens is 546 g/mol. The average molecular weight is 582 g/mol. The van der Waals surface area contributed by atoms with Crippen LogP contribution in [0.25, 0.3) is 11.1 Å². The van der Waals surface area contributed by atoms with Crippen LogP contribution >= 0.6 is 11.8 Å². The van der Waals surface area contributed by atoms with Gasteiger partial charge < -0.3 is 21.5 Å². The van der Waals surface area contributed by atoms with Crippen molar-refractivity contribution >= 4 is 29.5 Å². The number of amides is 2. The standard InChI is InChI=1S/C34H35N3O4S/c1-42-31(29(35)20-23-14-18-28(19-15-23)34(40)41)33(39)37-30(32(38)36-22-25-8-4-2-5-9-25)21-24-12-16-27(17-13-24)26-10-6-3-7-11-26/h2-19,29-31H,20-22,35H2,1H3,(H,36,38)(H,37,39)(H,40,41)/t29-,30?,31-/m0/s1. The fourth-order valence-electron chi connectivity index (χ4n) is 4.71. The summed E-state index contributed by atoms with van der Waals surface area (Å²) < 4.78 is 0. The number of hydrogen-bond acceptors (Lipinski definition) is 5. The molecule has 0 bridgehead atoms. The highest BCUT2D eigenvalue weighted by molar-refractivity contribution is 8.00. The SMILES string of the molecule is CS[C@H](C(=O)NC(Cc1ccc(-c2ccccc2)cc1)C(=O)NCc1ccccc1)[C@@H](N)Cc1ccc(C(=O)O)cc1. The Labute approximate surface area is 250 Å². The summed E-state index contributed by atoms with van der Waals surface area (Å²) in [5, 5.41) is 14.5. The molecule has 0 aliphatic carbocycles. The average Bonchev–Trinajstić information content (AvgIpc) is 3.01. The Morgan fingerprint density at radius 2 is 1.26 bits per heavy atom. The molecule has 3 atom stereocenters. The molecule has 0 aromatic heterocycles. The predicted molar refractivity (Wildman–Crippen MR) is 168 cm³/mol. The smallest absolute Gasteiger partial charge is 0.335 e. The molecule has 0 saturated heterocycles. The van der Waals surface area contributed by atoms with E-state index < -0.39 is 23.3 Å². The van der Waals surface area contributed by atoms with Crippen LogP contribution in [0, 0.1) is 0 Å².